The summed E-state index contributed by atoms with van der Waals surface area (Å²) in [5.74, 6) is 7.25. The van der Waals surface area contributed by atoms with Crippen LogP contribution in [0.15, 0.2) is 133 Å². The Balaban J connectivity index is 1.35. The minimum absolute atomic E-state index is 1.01. The number of fused-ring (bicyclic) bond motifs is 4. The van der Waals surface area contributed by atoms with E-state index in [4.69, 9.17) is 0 Å². The molecule has 0 saturated carbocycles. The van der Waals surface area contributed by atoms with Gasteiger partial charge in [0, 0.05) is 21.8 Å². The van der Waals surface area contributed by atoms with Crippen LogP contribution in [-0.4, -0.2) is 9.97 Å². The minimum atomic E-state index is 1.01. The van der Waals surface area contributed by atoms with Crippen molar-refractivity contribution in [1.29, 1.82) is 0 Å². The van der Waals surface area contributed by atoms with Crippen molar-refractivity contribution in [3.63, 3.8) is 0 Å². The summed E-state index contributed by atoms with van der Waals surface area (Å²) in [7, 11) is 0. The second-order valence-corrected chi connectivity index (χ2v) is 10.2. The molecule has 0 aliphatic carbocycles. The van der Waals surface area contributed by atoms with Gasteiger partial charge < -0.3 is 9.97 Å². The Morgan fingerprint density at radius 2 is 0.775 bits per heavy atom. The lowest BCUT2D eigenvalue weighted by Gasteiger charge is -2.04. The Labute approximate surface area is 231 Å². The van der Waals surface area contributed by atoms with Crippen LogP contribution in [0.2, 0.25) is 0 Å². The van der Waals surface area contributed by atoms with E-state index in [0.717, 1.165) is 55.4 Å². The molecule has 8 aromatic rings. The van der Waals surface area contributed by atoms with E-state index in [0.29, 0.717) is 0 Å². The van der Waals surface area contributed by atoms with E-state index in [9.17, 15) is 0 Å². The molecular formula is C38H24N2. The topological polar surface area (TPSA) is 31.6 Å². The number of aromatic amines is 2. The van der Waals surface area contributed by atoms with Gasteiger partial charge in [-0.05, 0) is 56.9 Å². The number of para-hydroxylation sites is 2. The number of benzene rings is 6. The van der Waals surface area contributed by atoms with Gasteiger partial charge >= 0.3 is 0 Å². The quantitative estimate of drug-likeness (QED) is 0.218. The molecule has 0 bridgehead atoms. The van der Waals surface area contributed by atoms with Crippen molar-refractivity contribution in [1.82, 2.24) is 9.97 Å². The Morgan fingerprint density at radius 1 is 0.375 bits per heavy atom. The molecule has 2 aromatic heterocycles. The highest BCUT2D eigenvalue weighted by molar-refractivity contribution is 5.99. The number of hydrogen-bond acceptors (Lipinski definition) is 0. The highest BCUT2D eigenvalue weighted by Crippen LogP contribution is 2.34. The highest BCUT2D eigenvalue weighted by Gasteiger charge is 2.15. The lowest BCUT2D eigenvalue weighted by atomic mass is 10.00. The van der Waals surface area contributed by atoms with E-state index in [1.165, 1.54) is 21.5 Å². The lowest BCUT2D eigenvalue weighted by molar-refractivity contribution is 1.45. The third kappa shape index (κ3) is 3.68. The van der Waals surface area contributed by atoms with E-state index >= 15 is 0 Å². The Morgan fingerprint density at radius 3 is 1.25 bits per heavy atom. The summed E-state index contributed by atoms with van der Waals surface area (Å²) in [4.78, 5) is 7.34. The Kier molecular flexibility index (Phi) is 5.08. The van der Waals surface area contributed by atoms with Crippen molar-refractivity contribution in [2.75, 3.05) is 0 Å². The molecule has 0 atom stereocenters. The van der Waals surface area contributed by atoms with Crippen molar-refractivity contribution in [3.8, 4) is 34.4 Å². The first-order valence-electron chi connectivity index (χ1n) is 13.5. The van der Waals surface area contributed by atoms with Crippen LogP contribution in [0.1, 0.15) is 11.1 Å². The van der Waals surface area contributed by atoms with Crippen LogP contribution in [0.4, 0.5) is 0 Å². The van der Waals surface area contributed by atoms with Gasteiger partial charge in [0.05, 0.1) is 22.5 Å². The third-order valence-corrected chi connectivity index (χ3v) is 7.80. The molecule has 186 valence electrons. The van der Waals surface area contributed by atoms with E-state index in [1.54, 1.807) is 0 Å². The van der Waals surface area contributed by atoms with Crippen molar-refractivity contribution in [2.24, 2.45) is 0 Å². The van der Waals surface area contributed by atoms with Crippen LogP contribution >= 0.6 is 0 Å². The zero-order valence-corrected chi connectivity index (χ0v) is 21.7. The van der Waals surface area contributed by atoms with Crippen molar-refractivity contribution < 1.29 is 0 Å². The first-order valence-corrected chi connectivity index (χ1v) is 13.5. The molecule has 0 amide bonds. The van der Waals surface area contributed by atoms with Crippen LogP contribution < -0.4 is 0 Å². The molecule has 0 radical (unpaired) electrons. The summed E-state index contributed by atoms with van der Waals surface area (Å²) >= 11 is 0. The maximum atomic E-state index is 3.67. The fraction of sp³-hybridized carbons (Fsp3) is 0. The van der Waals surface area contributed by atoms with Gasteiger partial charge in [-0.15, -0.1) is 0 Å². The summed E-state index contributed by atoms with van der Waals surface area (Å²) in [5.41, 5.74) is 8.56. The number of hydrogen-bond donors (Lipinski definition) is 2. The molecule has 40 heavy (non-hydrogen) atoms. The van der Waals surface area contributed by atoms with Crippen molar-refractivity contribution in [2.45, 2.75) is 0 Å². The normalized spacial score (nSPS) is 11.3. The minimum Gasteiger partial charge on any atom is -0.353 e. The van der Waals surface area contributed by atoms with Gasteiger partial charge in [-0.3, -0.25) is 0 Å². The molecule has 0 aliphatic heterocycles. The standard InChI is InChI=1S/C38H24N2/c1-3-11-27-23-29(19-17-25(27)9-1)37-33(31-13-5-7-15-35(31)39-37)21-22-34-32-14-6-8-16-36(32)40-38(34)30-20-18-26-10-2-4-12-28(26)24-30/h1-20,23-24,39-40H. The fourth-order valence-electron chi connectivity index (χ4n) is 5.79. The maximum absolute atomic E-state index is 3.67. The SMILES string of the molecule is C(#Cc1c(-c2ccc3ccccc3c2)[nH]c2ccccc12)c1c(-c2ccc3ccccc3c2)[nH]c2ccccc12. The number of aromatic nitrogens is 2. The van der Waals surface area contributed by atoms with Crippen molar-refractivity contribution >= 4 is 43.4 Å². The van der Waals surface area contributed by atoms with Crippen molar-refractivity contribution in [3.05, 3.63) is 145 Å². The van der Waals surface area contributed by atoms with Gasteiger partial charge in [-0.2, -0.15) is 0 Å². The van der Waals surface area contributed by atoms with Crippen LogP contribution in [0.5, 0.6) is 0 Å². The largest absolute Gasteiger partial charge is 0.353 e. The summed E-state index contributed by atoms with van der Waals surface area (Å²) in [6.45, 7) is 0. The summed E-state index contributed by atoms with van der Waals surface area (Å²) in [6.07, 6.45) is 0. The van der Waals surface area contributed by atoms with E-state index in [2.05, 4.69) is 155 Å². The number of rotatable bonds is 2. The van der Waals surface area contributed by atoms with E-state index in [-0.39, 0.29) is 0 Å². The monoisotopic (exact) mass is 508 g/mol. The predicted molar refractivity (Wildman–Crippen MR) is 168 cm³/mol. The zero-order valence-electron chi connectivity index (χ0n) is 21.7. The molecule has 2 heterocycles. The Bertz CT molecular complexity index is 2120. The first-order chi connectivity index (χ1) is 19.8. The number of nitrogens with one attached hydrogen (secondary N) is 2. The van der Waals surface area contributed by atoms with Crippen LogP contribution in [-0.2, 0) is 0 Å². The van der Waals surface area contributed by atoms with Gasteiger partial charge in [0.1, 0.15) is 0 Å². The second kappa shape index (κ2) is 9.05. The lowest BCUT2D eigenvalue weighted by Crippen LogP contribution is -1.85. The van der Waals surface area contributed by atoms with Crippen LogP contribution in [0.3, 0.4) is 0 Å². The zero-order chi connectivity index (χ0) is 26.5. The maximum Gasteiger partial charge on any atom is 0.0624 e. The Hall–Kier alpha value is -5.52. The average molecular weight is 509 g/mol. The molecule has 2 heteroatoms. The molecule has 0 spiro atoms. The summed E-state index contributed by atoms with van der Waals surface area (Å²) in [6, 6.07) is 47.0. The van der Waals surface area contributed by atoms with E-state index < -0.39 is 0 Å². The summed E-state index contributed by atoms with van der Waals surface area (Å²) in [5, 5.41) is 7.15. The molecule has 0 fully saturated rings. The molecule has 2 N–H and O–H groups in total. The smallest absolute Gasteiger partial charge is 0.0624 e. The molecule has 2 nitrogen and oxygen atoms in total. The van der Waals surface area contributed by atoms with Gasteiger partial charge in [0.15, 0.2) is 0 Å². The molecule has 0 unspecified atom stereocenters. The molecule has 0 saturated heterocycles. The van der Waals surface area contributed by atoms with Crippen LogP contribution in [0.25, 0.3) is 65.9 Å². The molecular weight excluding hydrogens is 484 g/mol. The summed E-state index contributed by atoms with van der Waals surface area (Å²) < 4.78 is 0. The van der Waals surface area contributed by atoms with Crippen LogP contribution in [0, 0.1) is 11.8 Å². The van der Waals surface area contributed by atoms with Gasteiger partial charge in [0.25, 0.3) is 0 Å². The van der Waals surface area contributed by atoms with Gasteiger partial charge in [-0.25, -0.2) is 0 Å². The fourth-order valence-corrected chi connectivity index (χ4v) is 5.79. The molecule has 6 aromatic carbocycles. The highest BCUT2D eigenvalue weighted by atomic mass is 14.7. The molecule has 8 rings (SSSR count). The van der Waals surface area contributed by atoms with E-state index in [1.807, 2.05) is 0 Å². The predicted octanol–water partition coefficient (Wildman–Crippen LogP) is 9.69. The third-order valence-electron chi connectivity index (χ3n) is 7.80. The number of H-pyrrole nitrogens is 2. The first kappa shape index (κ1) is 22.5. The van der Waals surface area contributed by atoms with Gasteiger partial charge in [0.2, 0.25) is 0 Å². The second-order valence-electron chi connectivity index (χ2n) is 10.2. The van der Waals surface area contributed by atoms with Gasteiger partial charge in [-0.1, -0.05) is 121 Å². The molecule has 0 aliphatic rings. The average Bonchev–Trinajstić information content (AvgIpc) is 3.58.